The lowest BCUT2D eigenvalue weighted by Crippen LogP contribution is -2.23. The largest absolute Gasteiger partial charge is 0.493 e. The first-order valence-electron chi connectivity index (χ1n) is 9.39. The summed E-state index contributed by atoms with van der Waals surface area (Å²) in [6.45, 7) is 0.474. The molecule has 10 nitrogen and oxygen atoms in total. The molecule has 10 heteroatoms. The van der Waals surface area contributed by atoms with Crippen LogP contribution in [-0.2, 0) is 13.0 Å². The molecule has 0 unspecified atom stereocenters. The highest BCUT2D eigenvalue weighted by Gasteiger charge is 2.18. The SMILES string of the molecule is COc1cc(Cc2nnc(C(=O)NCc3ccc4c(c3)OCO4)o2)cc(OC)c1OC. The molecule has 0 radical (unpaired) electrons. The molecule has 0 aliphatic carbocycles. The van der Waals surface area contributed by atoms with Gasteiger partial charge in [0.1, 0.15) is 0 Å². The predicted molar refractivity (Wildman–Crippen MR) is 107 cm³/mol. The minimum Gasteiger partial charge on any atom is -0.493 e. The highest BCUT2D eigenvalue weighted by Crippen LogP contribution is 2.38. The van der Waals surface area contributed by atoms with Gasteiger partial charge >= 0.3 is 11.8 Å². The lowest BCUT2D eigenvalue weighted by molar-refractivity contribution is 0.0914. The molecule has 0 bridgehead atoms. The lowest BCUT2D eigenvalue weighted by atomic mass is 10.1. The van der Waals surface area contributed by atoms with E-state index in [1.165, 1.54) is 21.3 Å². The van der Waals surface area contributed by atoms with E-state index in [-0.39, 0.29) is 25.1 Å². The van der Waals surface area contributed by atoms with Crippen LogP contribution < -0.4 is 29.0 Å². The van der Waals surface area contributed by atoms with Gasteiger partial charge < -0.3 is 33.4 Å². The number of carbonyl (C=O) groups is 1. The molecule has 1 aromatic heterocycles. The van der Waals surface area contributed by atoms with Crippen molar-refractivity contribution in [2.24, 2.45) is 0 Å². The Hall–Kier alpha value is -3.95. The summed E-state index contributed by atoms with van der Waals surface area (Å²) in [7, 11) is 4.61. The highest BCUT2D eigenvalue weighted by atomic mass is 16.7. The molecule has 31 heavy (non-hydrogen) atoms. The van der Waals surface area contributed by atoms with Crippen LogP contribution in [0.3, 0.4) is 0 Å². The second-order valence-corrected chi connectivity index (χ2v) is 6.58. The number of methoxy groups -OCH3 is 3. The third kappa shape index (κ3) is 4.32. The topological polar surface area (TPSA) is 114 Å². The van der Waals surface area contributed by atoms with Crippen molar-refractivity contribution in [2.45, 2.75) is 13.0 Å². The van der Waals surface area contributed by atoms with E-state index in [1.54, 1.807) is 18.2 Å². The van der Waals surface area contributed by atoms with Gasteiger partial charge in [-0.1, -0.05) is 6.07 Å². The van der Waals surface area contributed by atoms with Gasteiger partial charge in [0.05, 0.1) is 27.8 Å². The van der Waals surface area contributed by atoms with Crippen molar-refractivity contribution >= 4 is 5.91 Å². The standard InChI is InChI=1S/C21H21N3O7/c1-26-16-7-13(8-17(27-2)19(16)28-3)9-18-23-24-21(31-18)20(25)22-10-12-4-5-14-15(6-12)30-11-29-14/h4-8H,9-11H2,1-3H3,(H,22,25). The minimum atomic E-state index is -0.471. The number of benzene rings is 2. The zero-order valence-corrected chi connectivity index (χ0v) is 17.3. The Balaban J connectivity index is 1.41. The van der Waals surface area contributed by atoms with Gasteiger partial charge in [-0.2, -0.15) is 0 Å². The summed E-state index contributed by atoms with van der Waals surface area (Å²) in [4.78, 5) is 12.4. The second-order valence-electron chi connectivity index (χ2n) is 6.58. The monoisotopic (exact) mass is 427 g/mol. The van der Waals surface area contributed by atoms with Crippen molar-refractivity contribution in [1.29, 1.82) is 0 Å². The van der Waals surface area contributed by atoms with Crippen molar-refractivity contribution < 1.29 is 32.9 Å². The lowest BCUT2D eigenvalue weighted by Gasteiger charge is -2.13. The molecule has 1 amide bonds. The van der Waals surface area contributed by atoms with E-state index in [2.05, 4.69) is 15.5 Å². The summed E-state index contributed by atoms with van der Waals surface area (Å²) in [5, 5.41) is 10.5. The van der Waals surface area contributed by atoms with Crippen LogP contribution in [0.5, 0.6) is 28.7 Å². The van der Waals surface area contributed by atoms with Crippen molar-refractivity contribution in [3.8, 4) is 28.7 Å². The number of nitrogens with one attached hydrogen (secondary N) is 1. The van der Waals surface area contributed by atoms with Gasteiger partial charge in [-0.05, 0) is 35.4 Å². The molecule has 1 N–H and O–H groups in total. The van der Waals surface area contributed by atoms with Gasteiger partial charge in [0, 0.05) is 6.54 Å². The number of nitrogens with zero attached hydrogens (tertiary/aromatic N) is 2. The first-order chi connectivity index (χ1) is 15.1. The number of fused-ring (bicyclic) bond motifs is 1. The highest BCUT2D eigenvalue weighted by molar-refractivity contribution is 5.89. The maximum Gasteiger partial charge on any atom is 0.309 e. The molecule has 162 valence electrons. The zero-order valence-electron chi connectivity index (χ0n) is 17.3. The van der Waals surface area contributed by atoms with Crippen LogP contribution >= 0.6 is 0 Å². The van der Waals surface area contributed by atoms with Crippen LogP contribution in [0.1, 0.15) is 27.7 Å². The summed E-state index contributed by atoms with van der Waals surface area (Å²) in [6, 6.07) is 9.02. The number of amides is 1. The summed E-state index contributed by atoms with van der Waals surface area (Å²) in [6.07, 6.45) is 0.291. The number of carbonyl (C=O) groups excluding carboxylic acids is 1. The summed E-state index contributed by atoms with van der Waals surface area (Å²) in [5.74, 6) is 2.53. The van der Waals surface area contributed by atoms with E-state index in [9.17, 15) is 4.79 Å². The third-order valence-electron chi connectivity index (χ3n) is 4.63. The summed E-state index contributed by atoms with van der Waals surface area (Å²) < 4.78 is 32.2. The molecule has 0 saturated carbocycles. The summed E-state index contributed by atoms with van der Waals surface area (Å²) in [5.41, 5.74) is 1.65. The minimum absolute atomic E-state index is 0.122. The molecule has 3 aromatic rings. The molecule has 2 aromatic carbocycles. The molecule has 0 saturated heterocycles. The van der Waals surface area contributed by atoms with E-state index in [0.29, 0.717) is 35.2 Å². The maximum atomic E-state index is 12.4. The smallest absolute Gasteiger partial charge is 0.309 e. The van der Waals surface area contributed by atoms with E-state index in [1.807, 2.05) is 12.1 Å². The van der Waals surface area contributed by atoms with Gasteiger partial charge in [0.15, 0.2) is 23.0 Å². The molecule has 1 aliphatic heterocycles. The van der Waals surface area contributed by atoms with Crippen LogP contribution in [0, 0.1) is 0 Å². The Labute approximate surface area is 178 Å². The van der Waals surface area contributed by atoms with E-state index >= 15 is 0 Å². The number of hydrogen-bond donors (Lipinski definition) is 1. The first kappa shape index (κ1) is 20.3. The molecular formula is C21H21N3O7. The number of aromatic nitrogens is 2. The van der Waals surface area contributed by atoms with Crippen LogP contribution in [-0.4, -0.2) is 44.2 Å². The normalized spacial score (nSPS) is 11.8. The van der Waals surface area contributed by atoms with E-state index in [4.69, 9.17) is 28.1 Å². The van der Waals surface area contributed by atoms with Crippen molar-refractivity contribution in [3.05, 3.63) is 53.2 Å². The Morgan fingerprint density at radius 2 is 1.71 bits per heavy atom. The number of ether oxygens (including phenoxy) is 5. The Kier molecular flexibility index (Phi) is 5.78. The van der Waals surface area contributed by atoms with Crippen molar-refractivity contribution in [1.82, 2.24) is 15.5 Å². The fraction of sp³-hybridized carbons (Fsp3) is 0.286. The number of hydrogen-bond acceptors (Lipinski definition) is 9. The first-order valence-corrected chi connectivity index (χ1v) is 9.39. The second kappa shape index (κ2) is 8.82. The van der Waals surface area contributed by atoms with Crippen LogP contribution in [0.2, 0.25) is 0 Å². The fourth-order valence-electron chi connectivity index (χ4n) is 3.14. The van der Waals surface area contributed by atoms with Crippen molar-refractivity contribution in [3.63, 3.8) is 0 Å². The van der Waals surface area contributed by atoms with Crippen molar-refractivity contribution in [2.75, 3.05) is 28.1 Å². The maximum absolute atomic E-state index is 12.4. The Morgan fingerprint density at radius 1 is 0.968 bits per heavy atom. The predicted octanol–water partition coefficient (Wildman–Crippen LogP) is 2.34. The quantitative estimate of drug-likeness (QED) is 0.578. The Bertz CT molecular complexity index is 1070. The third-order valence-corrected chi connectivity index (χ3v) is 4.63. The Morgan fingerprint density at radius 3 is 2.42 bits per heavy atom. The summed E-state index contributed by atoms with van der Waals surface area (Å²) >= 11 is 0. The molecule has 4 rings (SSSR count). The molecule has 0 spiro atoms. The fourth-order valence-corrected chi connectivity index (χ4v) is 3.14. The van der Waals surface area contributed by atoms with Gasteiger partial charge in [-0.25, -0.2) is 0 Å². The van der Waals surface area contributed by atoms with E-state index < -0.39 is 5.91 Å². The molecule has 2 heterocycles. The van der Waals surface area contributed by atoms with Crippen LogP contribution in [0.25, 0.3) is 0 Å². The zero-order chi connectivity index (χ0) is 21.8. The average molecular weight is 427 g/mol. The van der Waals surface area contributed by atoms with Gasteiger partial charge in [-0.3, -0.25) is 4.79 Å². The van der Waals surface area contributed by atoms with Crippen LogP contribution in [0.4, 0.5) is 0 Å². The number of rotatable bonds is 8. The van der Waals surface area contributed by atoms with Crippen LogP contribution in [0.15, 0.2) is 34.7 Å². The van der Waals surface area contributed by atoms with Gasteiger partial charge in [0.2, 0.25) is 18.4 Å². The molecule has 0 fully saturated rings. The average Bonchev–Trinajstić information content (AvgIpc) is 3.45. The van der Waals surface area contributed by atoms with E-state index in [0.717, 1.165) is 11.1 Å². The van der Waals surface area contributed by atoms with Gasteiger partial charge in [0.25, 0.3) is 0 Å². The molecule has 0 atom stereocenters. The van der Waals surface area contributed by atoms with Gasteiger partial charge in [-0.15, -0.1) is 10.2 Å². The molecular weight excluding hydrogens is 406 g/mol. The molecule has 1 aliphatic rings.